The van der Waals surface area contributed by atoms with Crippen molar-refractivity contribution in [2.75, 3.05) is 12.4 Å². The van der Waals surface area contributed by atoms with Crippen LogP contribution in [0.2, 0.25) is 10.0 Å². The molecule has 4 aromatic rings. The van der Waals surface area contributed by atoms with Crippen molar-refractivity contribution in [1.82, 2.24) is 10.2 Å². The fraction of sp³-hybridized carbons (Fsp3) is 0.426. The summed E-state index contributed by atoms with van der Waals surface area (Å²) in [5.74, 6) is -2.12. The molecule has 2 aliphatic heterocycles. The normalized spacial score (nSPS) is 27.1. The van der Waals surface area contributed by atoms with Gasteiger partial charge in [0.05, 0.1) is 37.0 Å². The first kappa shape index (κ1) is 40.5. The maximum Gasteiger partial charge on any atom is 0.337 e. The quantitative estimate of drug-likeness (QED) is 0.131. The zero-order valence-electron chi connectivity index (χ0n) is 33.1. The lowest BCUT2D eigenvalue weighted by Gasteiger charge is -2.56. The lowest BCUT2D eigenvalue weighted by atomic mass is 9.53. The number of ether oxygens (including phenoxy) is 1. The van der Waals surface area contributed by atoms with E-state index in [2.05, 4.69) is 29.4 Å². The van der Waals surface area contributed by atoms with E-state index in [1.54, 1.807) is 24.3 Å². The van der Waals surface area contributed by atoms with Crippen molar-refractivity contribution in [3.05, 3.63) is 135 Å². The Morgan fingerprint density at radius 2 is 1.48 bits per heavy atom. The summed E-state index contributed by atoms with van der Waals surface area (Å²) >= 11 is 13.6. The number of carbonyl (C=O) groups is 3. The highest BCUT2D eigenvalue weighted by Gasteiger charge is 2.77. The number of amides is 2. The van der Waals surface area contributed by atoms with E-state index in [0.29, 0.717) is 65.9 Å². The molecule has 2 aliphatic carbocycles. The number of fused-ring (bicyclic) bond motifs is 3. The van der Waals surface area contributed by atoms with E-state index in [-0.39, 0.29) is 33.9 Å². The Morgan fingerprint density at radius 1 is 0.845 bits per heavy atom. The number of halogens is 2. The zero-order chi connectivity index (χ0) is 41.0. The molecule has 11 heteroatoms. The Labute approximate surface area is 350 Å². The van der Waals surface area contributed by atoms with Gasteiger partial charge in [0.25, 0.3) is 0 Å². The fourth-order valence-corrected chi connectivity index (χ4v) is 11.3. The smallest absolute Gasteiger partial charge is 0.337 e. The molecule has 2 spiro atoms. The van der Waals surface area contributed by atoms with Crippen LogP contribution in [0.25, 0.3) is 0 Å². The molecule has 4 aromatic carbocycles. The molecule has 2 amide bonds. The molecule has 58 heavy (non-hydrogen) atoms. The average molecular weight is 825 g/mol. The van der Waals surface area contributed by atoms with Crippen molar-refractivity contribution < 1.29 is 29.3 Å². The molecule has 2 saturated carbocycles. The second kappa shape index (κ2) is 15.7. The monoisotopic (exact) mass is 823 g/mol. The number of aliphatic hydroxyl groups is 2. The SMILES string of the molecule is COC(=O)c1cc(Cl)cc([C@H]2[C@H](C(=O)NC3CCC(O)CC3)N([C@H](c3ccccc3)[C@@H](O)c3ccccc3)C3(CCC(C)(C)CC3)C23C(=O)Nc2cc(Cl)ccc23)c1. The van der Waals surface area contributed by atoms with Crippen molar-refractivity contribution >= 4 is 46.7 Å². The van der Waals surface area contributed by atoms with Crippen LogP contribution in [-0.2, 0) is 19.7 Å². The largest absolute Gasteiger partial charge is 0.465 e. The highest BCUT2D eigenvalue weighted by Crippen LogP contribution is 2.69. The van der Waals surface area contributed by atoms with Gasteiger partial charge in [-0.2, -0.15) is 0 Å². The number of benzene rings is 4. The number of methoxy groups -OCH3 is 1. The maximum atomic E-state index is 15.8. The van der Waals surface area contributed by atoms with Crippen LogP contribution in [0.15, 0.2) is 97.1 Å². The molecule has 5 atom stereocenters. The van der Waals surface area contributed by atoms with Crippen LogP contribution in [0.5, 0.6) is 0 Å². The molecule has 0 bridgehead atoms. The lowest BCUT2D eigenvalue weighted by Crippen LogP contribution is -2.64. The Kier molecular flexibility index (Phi) is 11.0. The van der Waals surface area contributed by atoms with Gasteiger partial charge in [0, 0.05) is 33.2 Å². The summed E-state index contributed by atoms with van der Waals surface area (Å²) in [5.41, 5.74) is 0.823. The third-order valence-electron chi connectivity index (χ3n) is 13.6. The van der Waals surface area contributed by atoms with Gasteiger partial charge < -0.3 is 25.6 Å². The number of rotatable bonds is 8. The Bertz CT molecular complexity index is 2180. The van der Waals surface area contributed by atoms with Crippen LogP contribution >= 0.6 is 23.2 Å². The highest BCUT2D eigenvalue weighted by atomic mass is 35.5. The van der Waals surface area contributed by atoms with Crippen LogP contribution in [0.3, 0.4) is 0 Å². The zero-order valence-corrected chi connectivity index (χ0v) is 34.6. The number of nitrogens with zero attached hydrogens (tertiary/aromatic N) is 1. The van der Waals surface area contributed by atoms with Crippen molar-refractivity contribution in [2.45, 2.75) is 112 Å². The van der Waals surface area contributed by atoms with E-state index in [4.69, 9.17) is 27.9 Å². The second-order valence-electron chi connectivity index (χ2n) is 17.5. The molecule has 3 fully saturated rings. The predicted molar refractivity (Wildman–Crippen MR) is 225 cm³/mol. The van der Waals surface area contributed by atoms with Gasteiger partial charge in [0.15, 0.2) is 0 Å². The summed E-state index contributed by atoms with van der Waals surface area (Å²) in [4.78, 5) is 47.1. The Hall–Kier alpha value is -4.25. The molecule has 2 heterocycles. The van der Waals surface area contributed by atoms with Gasteiger partial charge in [-0.3, -0.25) is 14.5 Å². The van der Waals surface area contributed by atoms with Gasteiger partial charge in [-0.05, 0) is 109 Å². The van der Waals surface area contributed by atoms with Gasteiger partial charge in [-0.15, -0.1) is 0 Å². The fourth-order valence-electron chi connectivity index (χ4n) is 10.9. The minimum atomic E-state index is -1.45. The first-order chi connectivity index (χ1) is 27.8. The highest BCUT2D eigenvalue weighted by molar-refractivity contribution is 6.31. The molecule has 0 aromatic heterocycles. The molecular formula is C47H51Cl2N3O6. The number of anilines is 1. The van der Waals surface area contributed by atoms with Gasteiger partial charge in [-0.25, -0.2) is 4.79 Å². The van der Waals surface area contributed by atoms with E-state index in [0.717, 1.165) is 18.4 Å². The summed E-state index contributed by atoms with van der Waals surface area (Å²) in [7, 11) is 1.30. The van der Waals surface area contributed by atoms with Crippen LogP contribution in [-0.4, -0.2) is 63.7 Å². The lowest BCUT2D eigenvalue weighted by molar-refractivity contribution is -0.137. The maximum absolute atomic E-state index is 15.8. The molecule has 4 N–H and O–H groups in total. The molecule has 1 unspecified atom stereocenters. The number of carbonyl (C=O) groups excluding carboxylic acids is 3. The van der Waals surface area contributed by atoms with Crippen LogP contribution in [0, 0.1) is 5.41 Å². The molecule has 304 valence electrons. The molecule has 8 rings (SSSR count). The topological polar surface area (TPSA) is 128 Å². The minimum Gasteiger partial charge on any atom is -0.465 e. The van der Waals surface area contributed by atoms with Gasteiger partial charge in [-0.1, -0.05) is 104 Å². The molecule has 0 radical (unpaired) electrons. The molecule has 9 nitrogen and oxygen atoms in total. The van der Waals surface area contributed by atoms with E-state index in [9.17, 15) is 15.0 Å². The standard InChI is InChI=1S/C47H51Cl2N3O6/c1-45(2)20-22-46(23-21-45)47(36-19-14-32(48)27-37(36)51-44(47)57)38(30-24-31(43(56)58-3)26-33(49)25-30)40(42(55)50-34-15-17-35(53)18-16-34)52(46)39(28-10-6-4-7-11-28)41(54)29-12-8-5-9-13-29/h4-14,19,24-27,34-35,38-41,53-54H,15-18,20-23H2,1-3H3,(H,50,55)(H,51,57)/t34?,35?,38-,39+,40+,41-,47?/m0/s1. The van der Waals surface area contributed by atoms with E-state index in [1.807, 2.05) is 66.7 Å². The van der Waals surface area contributed by atoms with Crippen molar-refractivity contribution in [3.63, 3.8) is 0 Å². The molecular weight excluding hydrogens is 773 g/mol. The number of hydrogen-bond donors (Lipinski definition) is 4. The van der Waals surface area contributed by atoms with Gasteiger partial charge in [0.1, 0.15) is 5.41 Å². The second-order valence-corrected chi connectivity index (χ2v) is 18.3. The van der Waals surface area contributed by atoms with Crippen LogP contribution < -0.4 is 10.6 Å². The van der Waals surface area contributed by atoms with E-state index >= 15 is 9.59 Å². The van der Waals surface area contributed by atoms with Crippen molar-refractivity contribution in [2.24, 2.45) is 5.41 Å². The minimum absolute atomic E-state index is 0.0802. The number of aliphatic hydroxyl groups excluding tert-OH is 2. The van der Waals surface area contributed by atoms with Crippen LogP contribution in [0.1, 0.15) is 116 Å². The predicted octanol–water partition coefficient (Wildman–Crippen LogP) is 8.67. The van der Waals surface area contributed by atoms with Crippen LogP contribution in [0.4, 0.5) is 5.69 Å². The summed E-state index contributed by atoms with van der Waals surface area (Å²) in [6, 6.07) is 27.5. The third-order valence-corrected chi connectivity index (χ3v) is 14.1. The van der Waals surface area contributed by atoms with E-state index < -0.39 is 47.1 Å². The first-order valence-electron chi connectivity index (χ1n) is 20.3. The molecule has 1 saturated heterocycles. The first-order valence-corrected chi connectivity index (χ1v) is 21.1. The van der Waals surface area contributed by atoms with Crippen molar-refractivity contribution in [3.8, 4) is 0 Å². The summed E-state index contributed by atoms with van der Waals surface area (Å²) in [6.45, 7) is 4.47. The summed E-state index contributed by atoms with van der Waals surface area (Å²) in [6.07, 6.45) is 3.22. The Balaban J connectivity index is 1.48. The molecule has 4 aliphatic rings. The number of hydrogen-bond acceptors (Lipinski definition) is 7. The third kappa shape index (κ3) is 6.82. The number of likely N-dealkylation sites (tertiary alicyclic amines) is 1. The number of nitrogens with one attached hydrogen (secondary N) is 2. The Morgan fingerprint density at radius 3 is 2.12 bits per heavy atom. The van der Waals surface area contributed by atoms with Gasteiger partial charge in [0.2, 0.25) is 11.8 Å². The summed E-state index contributed by atoms with van der Waals surface area (Å²) < 4.78 is 5.20. The number of esters is 1. The average Bonchev–Trinajstić information content (AvgIpc) is 3.65. The van der Waals surface area contributed by atoms with E-state index in [1.165, 1.54) is 13.2 Å². The van der Waals surface area contributed by atoms with Gasteiger partial charge >= 0.3 is 5.97 Å². The summed E-state index contributed by atoms with van der Waals surface area (Å²) in [5, 5.41) is 30.7. The van der Waals surface area contributed by atoms with Crippen molar-refractivity contribution in [1.29, 1.82) is 0 Å².